The number of aryl methyl sites for hydroxylation is 1. The van der Waals surface area contributed by atoms with Crippen LogP contribution in [0.5, 0.6) is 0 Å². The maximum atomic E-state index is 11.8. The molecule has 9 nitrogen and oxygen atoms in total. The van der Waals surface area contributed by atoms with Gasteiger partial charge in [-0.05, 0) is 26.3 Å². The first-order valence-corrected chi connectivity index (χ1v) is 10.6. The summed E-state index contributed by atoms with van der Waals surface area (Å²) in [5.74, 6) is 0.282. The lowest BCUT2D eigenvalue weighted by Crippen LogP contribution is -2.19. The second kappa shape index (κ2) is 7.24. The highest BCUT2D eigenvalue weighted by atomic mass is 32.2. The first-order valence-electron chi connectivity index (χ1n) is 8.77. The first-order chi connectivity index (χ1) is 13.1. The van der Waals surface area contributed by atoms with E-state index in [1.807, 2.05) is 24.8 Å². The topological polar surface area (TPSA) is 122 Å². The van der Waals surface area contributed by atoms with E-state index in [2.05, 4.69) is 5.10 Å². The van der Waals surface area contributed by atoms with Gasteiger partial charge < -0.3 is 4.90 Å². The van der Waals surface area contributed by atoms with Gasteiger partial charge in [-0.25, -0.2) is 8.42 Å². The van der Waals surface area contributed by atoms with E-state index >= 15 is 0 Å². The summed E-state index contributed by atoms with van der Waals surface area (Å²) >= 11 is 0. The van der Waals surface area contributed by atoms with Crippen molar-refractivity contribution in [2.24, 2.45) is 0 Å². The van der Waals surface area contributed by atoms with E-state index in [9.17, 15) is 23.8 Å². The zero-order chi connectivity index (χ0) is 20.6. The molecule has 148 valence electrons. The van der Waals surface area contributed by atoms with Crippen LogP contribution in [-0.2, 0) is 16.4 Å². The van der Waals surface area contributed by atoms with Gasteiger partial charge in [-0.15, -0.1) is 0 Å². The van der Waals surface area contributed by atoms with Crippen molar-refractivity contribution >= 4 is 21.2 Å². The Hall–Kier alpha value is -2.93. The predicted octanol–water partition coefficient (Wildman–Crippen LogP) is 2.28. The molecule has 0 saturated carbocycles. The SMILES string of the molecule is Cc1nn(C2CCS(=O)(=O)C2)c(C)c1CN(C)c1ccc([N+](=O)[O-])cc1C#N. The highest BCUT2D eigenvalue weighted by Gasteiger charge is 2.31. The lowest BCUT2D eigenvalue weighted by atomic mass is 10.1. The van der Waals surface area contributed by atoms with Crippen molar-refractivity contribution in [2.75, 3.05) is 23.5 Å². The number of benzene rings is 1. The van der Waals surface area contributed by atoms with E-state index in [0.717, 1.165) is 17.0 Å². The van der Waals surface area contributed by atoms with E-state index in [1.165, 1.54) is 12.1 Å². The van der Waals surface area contributed by atoms with Gasteiger partial charge in [0.25, 0.3) is 5.69 Å². The number of aromatic nitrogens is 2. The molecule has 0 aliphatic carbocycles. The van der Waals surface area contributed by atoms with Gasteiger partial charge in [-0.3, -0.25) is 14.8 Å². The van der Waals surface area contributed by atoms with Crippen molar-refractivity contribution in [1.29, 1.82) is 5.26 Å². The molecule has 1 atom stereocenters. The number of nitro groups is 1. The molecule has 0 bridgehead atoms. The molecule has 0 spiro atoms. The van der Waals surface area contributed by atoms with Gasteiger partial charge in [0.1, 0.15) is 6.07 Å². The summed E-state index contributed by atoms with van der Waals surface area (Å²) < 4.78 is 25.4. The molecule has 1 unspecified atom stereocenters. The Balaban J connectivity index is 1.88. The monoisotopic (exact) mass is 403 g/mol. The predicted molar refractivity (Wildman–Crippen MR) is 104 cm³/mol. The van der Waals surface area contributed by atoms with Gasteiger partial charge >= 0.3 is 0 Å². The molecule has 1 fully saturated rings. The molecule has 3 rings (SSSR count). The van der Waals surface area contributed by atoms with Gasteiger partial charge in [0.15, 0.2) is 9.84 Å². The minimum atomic E-state index is -3.01. The van der Waals surface area contributed by atoms with E-state index in [4.69, 9.17) is 0 Å². The third kappa shape index (κ3) is 3.71. The molecule has 1 aromatic carbocycles. The second-order valence-electron chi connectivity index (χ2n) is 7.08. The van der Waals surface area contributed by atoms with Crippen LogP contribution >= 0.6 is 0 Å². The molecule has 2 heterocycles. The number of sulfone groups is 1. The summed E-state index contributed by atoms with van der Waals surface area (Å²) in [5.41, 5.74) is 3.33. The number of non-ortho nitro benzene ring substituents is 1. The summed E-state index contributed by atoms with van der Waals surface area (Å²) in [4.78, 5) is 12.2. The summed E-state index contributed by atoms with van der Waals surface area (Å²) in [5, 5.41) is 24.9. The van der Waals surface area contributed by atoms with Crippen molar-refractivity contribution < 1.29 is 13.3 Å². The van der Waals surface area contributed by atoms with Crippen LogP contribution in [0.2, 0.25) is 0 Å². The normalized spacial score (nSPS) is 18.0. The Morgan fingerprint density at radius 3 is 2.71 bits per heavy atom. The van der Waals surface area contributed by atoms with Gasteiger partial charge in [-0.2, -0.15) is 10.4 Å². The maximum Gasteiger partial charge on any atom is 0.270 e. The number of anilines is 1. The van der Waals surface area contributed by atoms with Crippen molar-refractivity contribution in [3.8, 4) is 6.07 Å². The Morgan fingerprint density at radius 1 is 1.43 bits per heavy atom. The summed E-state index contributed by atoms with van der Waals surface area (Å²) in [6.45, 7) is 4.23. The van der Waals surface area contributed by atoms with Crippen LogP contribution < -0.4 is 4.90 Å². The average Bonchev–Trinajstić information content (AvgIpc) is 3.14. The van der Waals surface area contributed by atoms with Crippen LogP contribution in [0.4, 0.5) is 11.4 Å². The lowest BCUT2D eigenvalue weighted by Gasteiger charge is -2.21. The van der Waals surface area contributed by atoms with Crippen LogP contribution in [0, 0.1) is 35.3 Å². The van der Waals surface area contributed by atoms with Crippen molar-refractivity contribution in [3.63, 3.8) is 0 Å². The summed E-state index contributed by atoms with van der Waals surface area (Å²) in [7, 11) is -1.21. The van der Waals surface area contributed by atoms with Gasteiger partial charge in [0.2, 0.25) is 0 Å². The quantitative estimate of drug-likeness (QED) is 0.554. The molecule has 0 radical (unpaired) electrons. The zero-order valence-corrected chi connectivity index (χ0v) is 16.7. The van der Waals surface area contributed by atoms with Gasteiger partial charge in [-0.1, -0.05) is 0 Å². The lowest BCUT2D eigenvalue weighted by molar-refractivity contribution is -0.384. The average molecular weight is 403 g/mol. The van der Waals surface area contributed by atoms with Gasteiger partial charge in [0, 0.05) is 37.0 Å². The fourth-order valence-electron chi connectivity index (χ4n) is 3.63. The van der Waals surface area contributed by atoms with Crippen LogP contribution in [0.1, 0.15) is 35.0 Å². The second-order valence-corrected chi connectivity index (χ2v) is 9.31. The Bertz CT molecular complexity index is 1080. The molecular formula is C18H21N5O4S. The number of hydrogen-bond acceptors (Lipinski definition) is 7. The minimum Gasteiger partial charge on any atom is -0.369 e. The molecule has 10 heteroatoms. The van der Waals surface area contributed by atoms with Crippen LogP contribution in [-0.4, -0.2) is 41.7 Å². The van der Waals surface area contributed by atoms with Crippen molar-refractivity contribution in [1.82, 2.24) is 9.78 Å². The molecular weight excluding hydrogens is 382 g/mol. The Morgan fingerprint density at radius 2 is 2.14 bits per heavy atom. The number of hydrogen-bond donors (Lipinski definition) is 0. The zero-order valence-electron chi connectivity index (χ0n) is 15.9. The molecule has 1 aromatic heterocycles. The fraction of sp³-hybridized carbons (Fsp3) is 0.444. The van der Waals surface area contributed by atoms with Crippen molar-refractivity contribution in [3.05, 3.63) is 50.8 Å². The highest BCUT2D eigenvalue weighted by molar-refractivity contribution is 7.91. The van der Waals surface area contributed by atoms with E-state index in [1.54, 1.807) is 17.8 Å². The molecule has 28 heavy (non-hydrogen) atoms. The largest absolute Gasteiger partial charge is 0.369 e. The highest BCUT2D eigenvalue weighted by Crippen LogP contribution is 2.29. The minimum absolute atomic E-state index is 0.102. The third-order valence-corrected chi connectivity index (χ3v) is 6.90. The molecule has 1 aliphatic heterocycles. The number of nitro benzene ring substituents is 1. The Kier molecular flexibility index (Phi) is 5.12. The maximum absolute atomic E-state index is 11.8. The first kappa shape index (κ1) is 19.8. The van der Waals surface area contributed by atoms with E-state index in [-0.39, 0.29) is 28.8 Å². The van der Waals surface area contributed by atoms with Crippen LogP contribution in [0.25, 0.3) is 0 Å². The molecule has 0 amide bonds. The number of rotatable bonds is 5. The Labute approximate surface area is 163 Å². The fourth-order valence-corrected chi connectivity index (χ4v) is 5.32. The molecule has 2 aromatic rings. The molecule has 1 saturated heterocycles. The van der Waals surface area contributed by atoms with E-state index in [0.29, 0.717) is 18.7 Å². The van der Waals surface area contributed by atoms with Crippen LogP contribution in [0.15, 0.2) is 18.2 Å². The van der Waals surface area contributed by atoms with Crippen LogP contribution in [0.3, 0.4) is 0 Å². The molecule has 1 aliphatic rings. The van der Waals surface area contributed by atoms with Crippen molar-refractivity contribution in [2.45, 2.75) is 32.9 Å². The number of nitrogens with zero attached hydrogens (tertiary/aromatic N) is 5. The standard InChI is InChI=1S/C18H21N5O4S/c1-12-17(13(2)22(20-12)16-6-7-28(26,27)11-16)10-21(3)18-5-4-15(23(24)25)8-14(18)9-19/h4-5,8,16H,6-7,10-11H2,1-3H3. The summed E-state index contributed by atoms with van der Waals surface area (Å²) in [6, 6.07) is 6.06. The molecule has 0 N–H and O–H groups in total. The van der Waals surface area contributed by atoms with E-state index < -0.39 is 14.8 Å². The van der Waals surface area contributed by atoms with Gasteiger partial charge in [0.05, 0.1) is 39.4 Å². The smallest absolute Gasteiger partial charge is 0.270 e. The summed E-state index contributed by atoms with van der Waals surface area (Å²) in [6.07, 6.45) is 0.556. The number of nitriles is 1. The third-order valence-electron chi connectivity index (χ3n) is 5.15.